The van der Waals surface area contributed by atoms with Gasteiger partial charge in [0.1, 0.15) is 21.1 Å². The summed E-state index contributed by atoms with van der Waals surface area (Å²) in [5, 5.41) is 0. The van der Waals surface area contributed by atoms with Crippen molar-refractivity contribution in [2.45, 2.75) is 67.7 Å². The lowest BCUT2D eigenvalue weighted by Crippen LogP contribution is -2.33. The number of aromatic nitrogens is 3. The molecule has 0 atom stereocenters. The molecule has 0 aliphatic heterocycles. The largest absolute Gasteiger partial charge is 0.215 e. The summed E-state index contributed by atoms with van der Waals surface area (Å²) in [4.78, 5) is 0. The summed E-state index contributed by atoms with van der Waals surface area (Å²) < 4.78 is 29.3. The number of aryl methyl sites for hydroxylation is 7. The Hall–Kier alpha value is -4.89. The molecule has 0 saturated heterocycles. The number of hydrogen-bond donors (Lipinski definition) is 0. The minimum atomic E-state index is -2.07. The van der Waals surface area contributed by atoms with Crippen LogP contribution in [0.15, 0.2) is 122 Å². The summed E-state index contributed by atoms with van der Waals surface area (Å²) in [6, 6.07) is 36.0. The van der Waals surface area contributed by atoms with Crippen LogP contribution in [0.4, 0.5) is 0 Å². The van der Waals surface area contributed by atoms with E-state index in [4.69, 9.17) is 4.11 Å². The van der Waals surface area contributed by atoms with E-state index in [9.17, 15) is 0 Å². The first-order valence-electron chi connectivity index (χ1n) is 18.8. The van der Waals surface area contributed by atoms with Crippen LogP contribution in [0, 0.1) is 34.5 Å². The van der Waals surface area contributed by atoms with Gasteiger partial charge in [-0.05, 0) is 100.0 Å². The standard InChI is InChI=1S/C16H20N.2C15H18N/c1-11-8-6-7-9-15(11)16-14(4)13(3)12(2)10-17(16)5;1-12(2)14-9-10-15(16(3)11-14)13-7-5-4-6-8-13;1-4-13-9-10-15(16(3)11-13)14-8-6-5-7-12(14)2/h6-10H,1-5H3;4-12H,1-3H3;5-11H,4H2,1-3H3/q3*+1/i2D3;;. The molecule has 0 amide bonds. The fourth-order valence-electron chi connectivity index (χ4n) is 6.12. The van der Waals surface area contributed by atoms with Crippen molar-refractivity contribution >= 4 is 0 Å². The van der Waals surface area contributed by atoms with Crippen LogP contribution in [0.25, 0.3) is 33.8 Å². The molecular weight excluding hydrogens is 595 g/mol. The van der Waals surface area contributed by atoms with Crippen molar-refractivity contribution in [1.82, 2.24) is 0 Å². The monoisotopic (exact) mass is 653 g/mol. The van der Waals surface area contributed by atoms with Crippen molar-refractivity contribution in [1.29, 1.82) is 0 Å². The average molecular weight is 654 g/mol. The van der Waals surface area contributed by atoms with E-state index < -0.39 is 6.85 Å². The molecule has 0 spiro atoms. The van der Waals surface area contributed by atoms with Gasteiger partial charge >= 0.3 is 0 Å². The SMILES string of the molecule is CC(C)c1ccc(-c2ccccc2)[n+](C)c1.CCc1ccc(-c2ccccc2C)[n+](C)c1.[2H]C([2H])([2H])c1c[n+](C)c(-c2ccccc2C)c(C)c1C. The smallest absolute Gasteiger partial charge is 0.201 e. The van der Waals surface area contributed by atoms with Crippen LogP contribution in [0.3, 0.4) is 0 Å². The molecule has 0 unspecified atom stereocenters. The molecule has 6 aromatic rings. The fraction of sp³-hybridized carbons (Fsp3) is 0.283. The second-order valence-corrected chi connectivity index (χ2v) is 13.2. The number of nitrogens with zero attached hydrogens (tertiary/aromatic N) is 3. The molecule has 0 aliphatic carbocycles. The Kier molecular flexibility index (Phi) is 11.3. The molecule has 3 aromatic carbocycles. The second kappa shape index (κ2) is 17.0. The Morgan fingerprint density at radius 3 is 1.67 bits per heavy atom. The molecule has 0 aliphatic rings. The number of pyridine rings is 3. The lowest BCUT2D eigenvalue weighted by molar-refractivity contribution is -0.661. The minimum absolute atomic E-state index is 0.426. The van der Waals surface area contributed by atoms with E-state index in [1.54, 1.807) is 6.20 Å². The summed E-state index contributed by atoms with van der Waals surface area (Å²) in [6.07, 6.45) is 7.24. The maximum atomic E-state index is 7.64. The van der Waals surface area contributed by atoms with Crippen molar-refractivity contribution in [2.75, 3.05) is 0 Å². The van der Waals surface area contributed by atoms with Gasteiger partial charge in [0.2, 0.25) is 17.1 Å². The van der Waals surface area contributed by atoms with Gasteiger partial charge in [-0.25, -0.2) is 13.7 Å². The predicted octanol–water partition coefficient (Wildman–Crippen LogP) is 9.76. The van der Waals surface area contributed by atoms with Crippen molar-refractivity contribution < 1.29 is 17.8 Å². The van der Waals surface area contributed by atoms with Crippen molar-refractivity contribution in [3.05, 3.63) is 161 Å². The lowest BCUT2D eigenvalue weighted by Gasteiger charge is -2.10. The van der Waals surface area contributed by atoms with Crippen LogP contribution in [0.1, 0.15) is 69.7 Å². The Bertz CT molecular complexity index is 2120. The Morgan fingerprint density at radius 1 is 0.551 bits per heavy atom. The molecule has 252 valence electrons. The molecular formula is C46H56N3+3. The molecule has 3 nitrogen and oxygen atoms in total. The summed E-state index contributed by atoms with van der Waals surface area (Å²) in [5.41, 5.74) is 14.9. The maximum absolute atomic E-state index is 7.64. The normalized spacial score (nSPS) is 11.8. The zero-order chi connectivity index (χ0) is 38.2. The molecule has 3 heteroatoms. The Labute approximate surface area is 300 Å². The van der Waals surface area contributed by atoms with Crippen molar-refractivity contribution in [3.63, 3.8) is 0 Å². The molecule has 0 fully saturated rings. The first kappa shape index (κ1) is 32.6. The molecule has 49 heavy (non-hydrogen) atoms. The molecule has 3 aromatic heterocycles. The van der Waals surface area contributed by atoms with E-state index in [1.165, 1.54) is 44.8 Å². The van der Waals surface area contributed by atoms with Gasteiger partial charge in [0.15, 0.2) is 18.6 Å². The lowest BCUT2D eigenvalue weighted by atomic mass is 9.97. The van der Waals surface area contributed by atoms with E-state index in [2.05, 4.69) is 155 Å². The molecule has 6 rings (SSSR count). The topological polar surface area (TPSA) is 11.6 Å². The Balaban J connectivity index is 0.000000176. The van der Waals surface area contributed by atoms with E-state index in [1.807, 2.05) is 43.7 Å². The maximum Gasteiger partial charge on any atom is 0.215 e. The molecule has 0 radical (unpaired) electrons. The van der Waals surface area contributed by atoms with Gasteiger partial charge in [-0.15, -0.1) is 0 Å². The van der Waals surface area contributed by atoms with Gasteiger partial charge in [-0.3, -0.25) is 0 Å². The van der Waals surface area contributed by atoms with Gasteiger partial charge < -0.3 is 0 Å². The fourth-order valence-corrected chi connectivity index (χ4v) is 6.12. The van der Waals surface area contributed by atoms with Crippen molar-refractivity contribution in [2.24, 2.45) is 21.1 Å². The van der Waals surface area contributed by atoms with Gasteiger partial charge in [0.05, 0.1) is 0 Å². The van der Waals surface area contributed by atoms with Crippen LogP contribution < -0.4 is 13.7 Å². The molecule has 0 bridgehead atoms. The third-order valence-corrected chi connectivity index (χ3v) is 9.31. The van der Waals surface area contributed by atoms with Crippen LogP contribution in [0.2, 0.25) is 0 Å². The van der Waals surface area contributed by atoms with Gasteiger partial charge in [-0.1, -0.05) is 75.4 Å². The first-order valence-corrected chi connectivity index (χ1v) is 17.3. The van der Waals surface area contributed by atoms with E-state index in [0.717, 1.165) is 28.8 Å². The van der Waals surface area contributed by atoms with Gasteiger partial charge in [-0.2, -0.15) is 0 Å². The first-order chi connectivity index (χ1) is 24.6. The summed E-state index contributed by atoms with van der Waals surface area (Å²) >= 11 is 0. The van der Waals surface area contributed by atoms with Crippen LogP contribution in [-0.4, -0.2) is 0 Å². The highest BCUT2D eigenvalue weighted by Crippen LogP contribution is 2.26. The summed E-state index contributed by atoms with van der Waals surface area (Å²) in [6.45, 7) is 12.7. The molecule has 0 N–H and O–H groups in total. The highest BCUT2D eigenvalue weighted by atomic mass is 14.9. The van der Waals surface area contributed by atoms with E-state index in [-0.39, 0.29) is 0 Å². The molecule has 3 heterocycles. The van der Waals surface area contributed by atoms with Crippen LogP contribution in [0.5, 0.6) is 0 Å². The van der Waals surface area contributed by atoms with Gasteiger partial charge in [0, 0.05) is 55.2 Å². The third-order valence-electron chi connectivity index (χ3n) is 9.31. The number of hydrogen-bond acceptors (Lipinski definition) is 0. The summed E-state index contributed by atoms with van der Waals surface area (Å²) in [7, 11) is 6.12. The zero-order valence-electron chi connectivity index (χ0n) is 34.2. The Morgan fingerprint density at radius 2 is 1.12 bits per heavy atom. The minimum Gasteiger partial charge on any atom is -0.201 e. The highest BCUT2D eigenvalue weighted by molar-refractivity contribution is 5.65. The van der Waals surface area contributed by atoms with Crippen LogP contribution >= 0.6 is 0 Å². The number of rotatable bonds is 5. The zero-order valence-corrected chi connectivity index (χ0v) is 31.2. The number of benzene rings is 3. The van der Waals surface area contributed by atoms with Gasteiger partial charge in [0.25, 0.3) is 0 Å². The molecule has 0 saturated carbocycles. The summed E-state index contributed by atoms with van der Waals surface area (Å²) in [5.74, 6) is 0.580. The predicted molar refractivity (Wildman–Crippen MR) is 206 cm³/mol. The van der Waals surface area contributed by atoms with Crippen molar-refractivity contribution in [3.8, 4) is 33.8 Å². The van der Waals surface area contributed by atoms with E-state index >= 15 is 0 Å². The van der Waals surface area contributed by atoms with Crippen LogP contribution in [-0.2, 0) is 27.6 Å². The quantitative estimate of drug-likeness (QED) is 0.164. The third kappa shape index (κ3) is 9.18. The average Bonchev–Trinajstić information content (AvgIpc) is 3.11. The second-order valence-electron chi connectivity index (χ2n) is 13.2. The highest BCUT2D eigenvalue weighted by Gasteiger charge is 2.18. The van der Waals surface area contributed by atoms with E-state index in [0.29, 0.717) is 11.5 Å².